The van der Waals surface area contributed by atoms with Gasteiger partial charge < -0.3 is 5.73 Å². The second-order valence-corrected chi connectivity index (χ2v) is 5.87. The van der Waals surface area contributed by atoms with Gasteiger partial charge in [-0.3, -0.25) is 0 Å². The van der Waals surface area contributed by atoms with Crippen molar-refractivity contribution in [1.29, 1.82) is 0 Å². The molecule has 0 bridgehead atoms. The molecule has 0 aliphatic heterocycles. The van der Waals surface area contributed by atoms with Gasteiger partial charge in [0, 0.05) is 4.75 Å². The van der Waals surface area contributed by atoms with Crippen LogP contribution in [0.4, 0.5) is 13.2 Å². The van der Waals surface area contributed by atoms with E-state index in [1.807, 2.05) is 0 Å². The third-order valence-electron chi connectivity index (χ3n) is 1.29. The van der Waals surface area contributed by atoms with E-state index in [2.05, 4.69) is 0 Å². The highest BCUT2D eigenvalue weighted by Gasteiger charge is 2.41. The largest absolute Gasteiger partial charge is 0.400 e. The van der Waals surface area contributed by atoms with Crippen molar-refractivity contribution in [2.45, 2.75) is 43.4 Å². The lowest BCUT2D eigenvalue weighted by molar-refractivity contribution is -0.129. The summed E-state index contributed by atoms with van der Waals surface area (Å²) in [6, 6.07) is 0. The number of alkyl halides is 3. The van der Waals surface area contributed by atoms with Crippen LogP contribution in [0.1, 0.15) is 27.2 Å². The SMILES string of the molecule is CC(C)(C)SC(CCN)C(F)(F)F. The molecule has 0 saturated heterocycles. The molecule has 80 valence electrons. The van der Waals surface area contributed by atoms with Gasteiger partial charge in [-0.25, -0.2) is 0 Å². The summed E-state index contributed by atoms with van der Waals surface area (Å²) in [5.74, 6) is 0. The number of rotatable bonds is 3. The molecule has 1 nitrogen and oxygen atoms in total. The average Bonchev–Trinajstić information content (AvgIpc) is 1.81. The van der Waals surface area contributed by atoms with E-state index in [0.29, 0.717) is 0 Å². The van der Waals surface area contributed by atoms with Crippen LogP contribution in [0, 0.1) is 0 Å². The fraction of sp³-hybridized carbons (Fsp3) is 1.00. The molecule has 0 saturated carbocycles. The number of hydrogen-bond donors (Lipinski definition) is 1. The second-order valence-electron chi connectivity index (χ2n) is 3.84. The number of nitrogens with two attached hydrogens (primary N) is 1. The van der Waals surface area contributed by atoms with E-state index in [0.717, 1.165) is 11.8 Å². The zero-order valence-electron chi connectivity index (χ0n) is 8.11. The summed E-state index contributed by atoms with van der Waals surface area (Å²) in [6.07, 6.45) is -4.15. The maximum atomic E-state index is 12.4. The Morgan fingerprint density at radius 1 is 1.23 bits per heavy atom. The Balaban J connectivity index is 4.27. The lowest BCUT2D eigenvalue weighted by atomic mass is 10.2. The highest BCUT2D eigenvalue weighted by atomic mass is 32.2. The summed E-state index contributed by atoms with van der Waals surface area (Å²) in [5.41, 5.74) is 5.13. The van der Waals surface area contributed by atoms with Gasteiger partial charge in [-0.2, -0.15) is 13.2 Å². The molecular weight excluding hydrogens is 199 g/mol. The van der Waals surface area contributed by atoms with Crippen molar-refractivity contribution in [1.82, 2.24) is 0 Å². The predicted molar refractivity (Wildman–Crippen MR) is 50.9 cm³/mol. The minimum absolute atomic E-state index is 0.00850. The number of halogens is 3. The summed E-state index contributed by atoms with van der Waals surface area (Å²) in [4.78, 5) is 0. The molecule has 0 aromatic heterocycles. The van der Waals surface area contributed by atoms with Crippen molar-refractivity contribution in [2.75, 3.05) is 6.54 Å². The molecule has 0 rings (SSSR count). The zero-order valence-corrected chi connectivity index (χ0v) is 8.93. The van der Waals surface area contributed by atoms with Crippen LogP contribution in [0.15, 0.2) is 0 Å². The van der Waals surface area contributed by atoms with Crippen LogP contribution in [0.2, 0.25) is 0 Å². The minimum atomic E-state index is -4.14. The van der Waals surface area contributed by atoms with Crippen molar-refractivity contribution >= 4 is 11.8 Å². The van der Waals surface area contributed by atoms with Crippen molar-refractivity contribution < 1.29 is 13.2 Å². The topological polar surface area (TPSA) is 26.0 Å². The Hall–Kier alpha value is 0.100. The molecule has 0 aliphatic carbocycles. The average molecular weight is 215 g/mol. The first kappa shape index (κ1) is 13.1. The molecule has 0 aromatic rings. The molecule has 0 spiro atoms. The molecule has 13 heavy (non-hydrogen) atoms. The molecule has 0 aromatic carbocycles. The van der Waals surface area contributed by atoms with Gasteiger partial charge in [-0.15, -0.1) is 11.8 Å². The lowest BCUT2D eigenvalue weighted by Crippen LogP contribution is -2.31. The predicted octanol–water partition coefficient (Wildman–Crippen LogP) is 2.80. The van der Waals surface area contributed by atoms with E-state index in [1.165, 1.54) is 0 Å². The van der Waals surface area contributed by atoms with Gasteiger partial charge in [-0.05, 0) is 13.0 Å². The van der Waals surface area contributed by atoms with Crippen LogP contribution in [0.25, 0.3) is 0 Å². The third-order valence-corrected chi connectivity index (χ3v) is 2.78. The summed E-state index contributed by atoms with van der Waals surface area (Å²) < 4.78 is 36.7. The van der Waals surface area contributed by atoms with Crippen LogP contribution >= 0.6 is 11.8 Å². The smallest absolute Gasteiger partial charge is 0.330 e. The van der Waals surface area contributed by atoms with Gasteiger partial charge in [-0.1, -0.05) is 20.8 Å². The molecule has 0 aliphatic rings. The van der Waals surface area contributed by atoms with Gasteiger partial charge >= 0.3 is 6.18 Å². The number of thioether (sulfide) groups is 1. The molecule has 0 radical (unpaired) electrons. The molecule has 2 N–H and O–H groups in total. The van der Waals surface area contributed by atoms with E-state index >= 15 is 0 Å². The van der Waals surface area contributed by atoms with Gasteiger partial charge in [0.25, 0.3) is 0 Å². The maximum absolute atomic E-state index is 12.4. The molecule has 1 atom stereocenters. The van der Waals surface area contributed by atoms with Gasteiger partial charge in [0.15, 0.2) is 0 Å². The maximum Gasteiger partial charge on any atom is 0.400 e. The van der Waals surface area contributed by atoms with Crippen LogP contribution in [-0.4, -0.2) is 22.7 Å². The van der Waals surface area contributed by atoms with Gasteiger partial charge in [0.2, 0.25) is 0 Å². The lowest BCUT2D eigenvalue weighted by Gasteiger charge is -2.27. The quantitative estimate of drug-likeness (QED) is 0.783. The monoisotopic (exact) mass is 215 g/mol. The minimum Gasteiger partial charge on any atom is -0.330 e. The van der Waals surface area contributed by atoms with Crippen LogP contribution in [0.5, 0.6) is 0 Å². The van der Waals surface area contributed by atoms with E-state index in [9.17, 15) is 13.2 Å². The first-order valence-corrected chi connectivity index (χ1v) is 4.99. The van der Waals surface area contributed by atoms with E-state index < -0.39 is 11.4 Å². The Bertz CT molecular complexity index is 150. The van der Waals surface area contributed by atoms with Crippen molar-refractivity contribution in [3.05, 3.63) is 0 Å². The normalized spacial score (nSPS) is 15.9. The molecule has 0 fully saturated rings. The van der Waals surface area contributed by atoms with Crippen LogP contribution in [0.3, 0.4) is 0 Å². The highest BCUT2D eigenvalue weighted by Crippen LogP contribution is 2.39. The Morgan fingerprint density at radius 3 is 1.92 bits per heavy atom. The van der Waals surface area contributed by atoms with Crippen LogP contribution in [-0.2, 0) is 0 Å². The van der Waals surface area contributed by atoms with Crippen LogP contribution < -0.4 is 5.73 Å². The van der Waals surface area contributed by atoms with Crippen molar-refractivity contribution in [2.24, 2.45) is 5.73 Å². The fourth-order valence-corrected chi connectivity index (χ4v) is 2.11. The summed E-state index contributed by atoms with van der Waals surface area (Å²) in [5, 5.41) is -1.34. The van der Waals surface area contributed by atoms with Crippen molar-refractivity contribution in [3.63, 3.8) is 0 Å². The first-order valence-electron chi connectivity index (χ1n) is 4.11. The second kappa shape index (κ2) is 4.55. The fourth-order valence-electron chi connectivity index (χ4n) is 0.868. The summed E-state index contributed by atoms with van der Waals surface area (Å²) in [7, 11) is 0. The molecular formula is C8H16F3NS. The summed E-state index contributed by atoms with van der Waals surface area (Å²) in [6.45, 7) is 5.39. The molecule has 0 amide bonds. The van der Waals surface area contributed by atoms with Crippen molar-refractivity contribution in [3.8, 4) is 0 Å². The Kier molecular flexibility index (Phi) is 4.59. The zero-order chi connectivity index (χ0) is 10.7. The van der Waals surface area contributed by atoms with E-state index in [1.54, 1.807) is 20.8 Å². The summed E-state index contributed by atoms with van der Waals surface area (Å²) >= 11 is 0.928. The number of hydrogen-bond acceptors (Lipinski definition) is 2. The first-order chi connectivity index (χ1) is 5.67. The molecule has 1 unspecified atom stereocenters. The molecule has 5 heteroatoms. The standard InChI is InChI=1S/C8H16F3NS/c1-7(2,3)13-6(4-5-12)8(9,10)11/h6H,4-5,12H2,1-3H3. The molecule has 0 heterocycles. The van der Waals surface area contributed by atoms with Gasteiger partial charge in [0.05, 0.1) is 0 Å². The van der Waals surface area contributed by atoms with Gasteiger partial charge in [0.1, 0.15) is 5.25 Å². The van der Waals surface area contributed by atoms with E-state index in [-0.39, 0.29) is 17.7 Å². The Morgan fingerprint density at radius 2 is 1.69 bits per heavy atom. The Labute approximate surface area is 81.3 Å². The third kappa shape index (κ3) is 6.21. The van der Waals surface area contributed by atoms with E-state index in [4.69, 9.17) is 5.73 Å². The highest BCUT2D eigenvalue weighted by molar-refractivity contribution is 8.01.